The molecule has 1 amide bonds. The van der Waals surface area contributed by atoms with E-state index in [-0.39, 0.29) is 10.8 Å². The number of anilines is 1. The lowest BCUT2D eigenvalue weighted by Gasteiger charge is -2.16. The van der Waals surface area contributed by atoms with Gasteiger partial charge in [0.1, 0.15) is 0 Å². The average molecular weight is 410 g/mol. The normalized spacial score (nSPS) is 13.3. The third-order valence-electron chi connectivity index (χ3n) is 4.97. The van der Waals surface area contributed by atoms with Gasteiger partial charge in [0, 0.05) is 31.1 Å². The van der Waals surface area contributed by atoms with Gasteiger partial charge in [-0.25, -0.2) is 0 Å². The summed E-state index contributed by atoms with van der Waals surface area (Å²) in [5.74, 6) is -0.223. The van der Waals surface area contributed by atoms with Crippen molar-refractivity contribution in [3.05, 3.63) is 64.8 Å². The zero-order valence-electron chi connectivity index (χ0n) is 16.5. The molecular formula is C21H22N4O3S. The molecule has 8 heteroatoms. The number of amides is 1. The third-order valence-corrected chi connectivity index (χ3v) is 6.54. The second kappa shape index (κ2) is 7.13. The largest absolute Gasteiger partial charge is 0.326 e. The van der Waals surface area contributed by atoms with E-state index in [1.807, 2.05) is 32.0 Å². The van der Waals surface area contributed by atoms with Gasteiger partial charge >= 0.3 is 0 Å². The third kappa shape index (κ3) is 3.34. The van der Waals surface area contributed by atoms with Gasteiger partial charge in [0.25, 0.3) is 10.0 Å². The van der Waals surface area contributed by atoms with E-state index in [0.717, 1.165) is 20.8 Å². The van der Waals surface area contributed by atoms with Gasteiger partial charge in [0.05, 0.1) is 22.0 Å². The van der Waals surface area contributed by atoms with Crippen LogP contribution in [0.4, 0.5) is 5.69 Å². The van der Waals surface area contributed by atoms with Crippen LogP contribution >= 0.6 is 0 Å². The van der Waals surface area contributed by atoms with E-state index < -0.39 is 10.0 Å². The average Bonchev–Trinajstić information content (AvgIpc) is 3.23. The molecule has 2 aromatic carbocycles. The molecule has 0 aliphatic carbocycles. The highest BCUT2D eigenvalue weighted by Gasteiger charge is 2.31. The minimum atomic E-state index is -3.92. The van der Waals surface area contributed by atoms with E-state index in [1.54, 1.807) is 24.3 Å². The van der Waals surface area contributed by atoms with Crippen LogP contribution in [0.5, 0.6) is 0 Å². The van der Waals surface area contributed by atoms with Crippen LogP contribution in [0.1, 0.15) is 29.3 Å². The smallest absolute Gasteiger partial charge is 0.283 e. The molecule has 0 saturated heterocycles. The van der Waals surface area contributed by atoms with E-state index in [2.05, 4.69) is 15.7 Å². The molecule has 1 aliphatic rings. The molecule has 0 unspecified atom stereocenters. The highest BCUT2D eigenvalue weighted by atomic mass is 32.2. The van der Waals surface area contributed by atoms with Crippen LogP contribution in [0.3, 0.4) is 0 Å². The van der Waals surface area contributed by atoms with Crippen molar-refractivity contribution >= 4 is 21.6 Å². The summed E-state index contributed by atoms with van der Waals surface area (Å²) in [5.41, 5.74) is 4.96. The minimum absolute atomic E-state index is 0.183. The molecule has 0 radical (unpaired) electrons. The van der Waals surface area contributed by atoms with Gasteiger partial charge in [-0.2, -0.15) is 17.6 Å². The summed E-state index contributed by atoms with van der Waals surface area (Å²) in [6.45, 7) is 6.19. The maximum atomic E-state index is 13.5. The SMILES string of the molecule is CC(=O)Nc1cccc(C)c1-c1c2c(nn1S(=O)(=O)c1cccc(C)c1)CNC2. The number of fused-ring (bicyclic) bond motifs is 1. The van der Waals surface area contributed by atoms with Gasteiger partial charge in [-0.3, -0.25) is 4.79 Å². The number of aromatic nitrogens is 2. The molecule has 0 spiro atoms. The number of hydrogen-bond acceptors (Lipinski definition) is 5. The summed E-state index contributed by atoms with van der Waals surface area (Å²) in [6, 6.07) is 12.3. The second-order valence-electron chi connectivity index (χ2n) is 7.22. The van der Waals surface area contributed by atoms with Gasteiger partial charge in [-0.05, 0) is 43.2 Å². The Hall–Kier alpha value is -2.97. The van der Waals surface area contributed by atoms with E-state index in [1.165, 1.54) is 6.92 Å². The van der Waals surface area contributed by atoms with Crippen molar-refractivity contribution in [2.45, 2.75) is 38.8 Å². The molecule has 29 heavy (non-hydrogen) atoms. The van der Waals surface area contributed by atoms with Crippen molar-refractivity contribution in [1.29, 1.82) is 0 Å². The lowest BCUT2D eigenvalue weighted by molar-refractivity contribution is -0.114. The highest BCUT2D eigenvalue weighted by Crippen LogP contribution is 2.38. The van der Waals surface area contributed by atoms with Crippen LogP contribution in [0.2, 0.25) is 0 Å². The molecule has 3 aromatic rings. The number of benzene rings is 2. The zero-order chi connectivity index (χ0) is 20.8. The van der Waals surface area contributed by atoms with Crippen LogP contribution in [-0.4, -0.2) is 23.5 Å². The summed E-state index contributed by atoms with van der Waals surface area (Å²) in [7, 11) is -3.92. The number of carbonyl (C=O) groups is 1. The van der Waals surface area contributed by atoms with E-state index in [9.17, 15) is 13.2 Å². The monoisotopic (exact) mass is 410 g/mol. The highest BCUT2D eigenvalue weighted by molar-refractivity contribution is 7.90. The second-order valence-corrected chi connectivity index (χ2v) is 8.99. The Morgan fingerprint density at radius 1 is 1.14 bits per heavy atom. The first kappa shape index (κ1) is 19.4. The molecule has 0 atom stereocenters. The van der Waals surface area contributed by atoms with Gasteiger partial charge < -0.3 is 10.6 Å². The van der Waals surface area contributed by atoms with Gasteiger partial charge in [0.15, 0.2) is 0 Å². The molecule has 0 fully saturated rings. The molecule has 2 N–H and O–H groups in total. The summed E-state index contributed by atoms with van der Waals surface area (Å²) >= 11 is 0. The fraction of sp³-hybridized carbons (Fsp3) is 0.238. The number of aryl methyl sites for hydroxylation is 2. The molecule has 150 valence electrons. The van der Waals surface area contributed by atoms with E-state index in [0.29, 0.717) is 35.7 Å². The molecule has 2 heterocycles. The first-order valence-electron chi connectivity index (χ1n) is 9.30. The van der Waals surface area contributed by atoms with Gasteiger partial charge in [-0.1, -0.05) is 24.3 Å². The summed E-state index contributed by atoms with van der Waals surface area (Å²) < 4.78 is 28.2. The fourth-order valence-corrected chi connectivity index (χ4v) is 5.11. The van der Waals surface area contributed by atoms with Crippen molar-refractivity contribution in [1.82, 2.24) is 14.5 Å². The van der Waals surface area contributed by atoms with Crippen molar-refractivity contribution in [2.75, 3.05) is 5.32 Å². The van der Waals surface area contributed by atoms with Crippen molar-refractivity contribution in [2.24, 2.45) is 0 Å². The van der Waals surface area contributed by atoms with Gasteiger partial charge in [0.2, 0.25) is 5.91 Å². The Bertz CT molecular complexity index is 1230. The Kier molecular flexibility index (Phi) is 4.76. The lowest BCUT2D eigenvalue weighted by atomic mass is 10.00. The lowest BCUT2D eigenvalue weighted by Crippen LogP contribution is -2.19. The molecule has 4 rings (SSSR count). The van der Waals surface area contributed by atoms with E-state index >= 15 is 0 Å². The minimum Gasteiger partial charge on any atom is -0.326 e. The predicted molar refractivity (Wildman–Crippen MR) is 111 cm³/mol. The molecule has 1 aliphatic heterocycles. The summed E-state index contributed by atoms with van der Waals surface area (Å²) in [5, 5.41) is 10.5. The number of nitrogens with one attached hydrogen (secondary N) is 2. The van der Waals surface area contributed by atoms with Crippen LogP contribution in [-0.2, 0) is 27.9 Å². The van der Waals surface area contributed by atoms with E-state index in [4.69, 9.17) is 0 Å². The molecule has 0 bridgehead atoms. The van der Waals surface area contributed by atoms with Crippen LogP contribution in [0.25, 0.3) is 11.3 Å². The number of hydrogen-bond donors (Lipinski definition) is 2. The topological polar surface area (TPSA) is 93.1 Å². The van der Waals surface area contributed by atoms with Crippen LogP contribution in [0.15, 0.2) is 47.4 Å². The Morgan fingerprint density at radius 2 is 1.90 bits per heavy atom. The first-order chi connectivity index (χ1) is 13.8. The van der Waals surface area contributed by atoms with Crippen molar-refractivity contribution in [3.63, 3.8) is 0 Å². The Balaban J connectivity index is 2.01. The molecule has 1 aromatic heterocycles. The summed E-state index contributed by atoms with van der Waals surface area (Å²) in [4.78, 5) is 11.9. The maximum absolute atomic E-state index is 13.5. The van der Waals surface area contributed by atoms with Gasteiger partial charge in [-0.15, -0.1) is 0 Å². The quantitative estimate of drug-likeness (QED) is 0.690. The first-order valence-corrected chi connectivity index (χ1v) is 10.7. The van der Waals surface area contributed by atoms with Crippen molar-refractivity contribution < 1.29 is 13.2 Å². The number of carbonyl (C=O) groups excluding carboxylic acids is 1. The Labute approximate surface area is 169 Å². The number of rotatable bonds is 4. The van der Waals surface area contributed by atoms with Crippen molar-refractivity contribution in [3.8, 4) is 11.3 Å². The molecular weight excluding hydrogens is 388 g/mol. The standard InChI is InChI=1S/C21H22N4O3S/c1-13-6-4-8-16(10-13)29(27,28)25-21(17-11-22-12-19(17)24-25)20-14(2)7-5-9-18(20)23-15(3)26/h4-10,22H,11-12H2,1-3H3,(H,23,26). The summed E-state index contributed by atoms with van der Waals surface area (Å²) in [6.07, 6.45) is 0. The molecule has 0 saturated carbocycles. The van der Waals surface area contributed by atoms with Crippen LogP contribution < -0.4 is 10.6 Å². The predicted octanol–water partition coefficient (Wildman–Crippen LogP) is 2.97. The molecule has 7 nitrogen and oxygen atoms in total. The maximum Gasteiger partial charge on any atom is 0.283 e. The van der Waals surface area contributed by atoms with Crippen LogP contribution in [0, 0.1) is 13.8 Å². The zero-order valence-corrected chi connectivity index (χ0v) is 17.3. The Morgan fingerprint density at radius 3 is 2.62 bits per heavy atom. The fourth-order valence-electron chi connectivity index (χ4n) is 3.68. The number of nitrogens with zero attached hydrogens (tertiary/aromatic N) is 2.